The number of nitrogens with one attached hydrogen (secondary N) is 1. The van der Waals surface area contributed by atoms with Crippen LogP contribution in [0, 0.1) is 0 Å². The van der Waals surface area contributed by atoms with Gasteiger partial charge in [0.1, 0.15) is 0 Å². The maximum atomic E-state index is 11.7. The zero-order valence-corrected chi connectivity index (χ0v) is 11.9. The summed E-state index contributed by atoms with van der Waals surface area (Å²) in [6, 6.07) is 9.46. The lowest BCUT2D eigenvalue weighted by atomic mass is 9.98. The highest BCUT2D eigenvalue weighted by molar-refractivity contribution is 5.74. The van der Waals surface area contributed by atoms with Crippen molar-refractivity contribution in [2.24, 2.45) is 0 Å². The number of alkyl carbamates (subject to hydrolysis) is 1. The summed E-state index contributed by atoms with van der Waals surface area (Å²) in [4.78, 5) is 23.0. The summed E-state index contributed by atoms with van der Waals surface area (Å²) in [6.07, 6.45) is 0.440. The Kier molecular flexibility index (Phi) is 4.70. The summed E-state index contributed by atoms with van der Waals surface area (Å²) in [5.41, 5.74) is -0.606. The smallest absolute Gasteiger partial charge is 0.408 e. The minimum Gasteiger partial charge on any atom is -0.435 e. The number of carbonyl (C=O) groups is 2. The molecule has 4 heteroatoms. The molecular weight excluding hydrogens is 242 g/mol. The molecule has 0 saturated heterocycles. The van der Waals surface area contributed by atoms with E-state index in [-0.39, 0.29) is 0 Å². The predicted octanol–water partition coefficient (Wildman–Crippen LogP) is 2.71. The largest absolute Gasteiger partial charge is 0.435 e. The Morgan fingerprint density at radius 3 is 2.26 bits per heavy atom. The van der Waals surface area contributed by atoms with Gasteiger partial charge in [0.15, 0.2) is 11.9 Å². The van der Waals surface area contributed by atoms with E-state index in [1.54, 1.807) is 6.92 Å². The van der Waals surface area contributed by atoms with Crippen molar-refractivity contribution in [3.63, 3.8) is 0 Å². The first-order valence-corrected chi connectivity index (χ1v) is 6.25. The number of carbonyl (C=O) groups excluding carboxylic acids is 2. The van der Waals surface area contributed by atoms with Gasteiger partial charge in [-0.15, -0.1) is 0 Å². The molecule has 104 valence electrons. The van der Waals surface area contributed by atoms with E-state index in [4.69, 9.17) is 4.74 Å². The molecule has 1 atom stereocenters. The van der Waals surface area contributed by atoms with E-state index in [9.17, 15) is 9.59 Å². The highest BCUT2D eigenvalue weighted by Gasteiger charge is 2.30. The first-order valence-electron chi connectivity index (χ1n) is 6.25. The third-order valence-electron chi connectivity index (χ3n) is 2.45. The monoisotopic (exact) mass is 263 g/mol. The Labute approximate surface area is 114 Å². The second-order valence-electron chi connectivity index (χ2n) is 5.86. The molecule has 1 N–H and O–H groups in total. The first-order chi connectivity index (χ1) is 8.74. The van der Waals surface area contributed by atoms with Crippen LogP contribution in [0.15, 0.2) is 30.3 Å². The zero-order valence-electron chi connectivity index (χ0n) is 11.9. The summed E-state index contributed by atoms with van der Waals surface area (Å²) >= 11 is 0. The quantitative estimate of drug-likeness (QED) is 0.850. The Morgan fingerprint density at radius 2 is 1.79 bits per heavy atom. The van der Waals surface area contributed by atoms with Gasteiger partial charge in [0.2, 0.25) is 0 Å². The third kappa shape index (κ3) is 5.55. The van der Waals surface area contributed by atoms with Crippen molar-refractivity contribution in [1.29, 1.82) is 0 Å². The number of hydrogen-bond donors (Lipinski definition) is 1. The molecule has 0 aromatic heterocycles. The third-order valence-corrected chi connectivity index (χ3v) is 2.45. The standard InChI is InChI=1S/C15H21NO3/c1-14(2,3)16-13(18)19-15(4,11-17)10-12-8-6-5-7-9-12/h5-9,11H,10H2,1-4H3,(H,16,18). The summed E-state index contributed by atoms with van der Waals surface area (Å²) in [5.74, 6) is 0. The highest BCUT2D eigenvalue weighted by atomic mass is 16.6. The fraction of sp³-hybridized carbons (Fsp3) is 0.467. The van der Waals surface area contributed by atoms with Crippen LogP contribution >= 0.6 is 0 Å². The first kappa shape index (κ1) is 15.2. The zero-order chi connectivity index (χ0) is 14.5. The van der Waals surface area contributed by atoms with Crippen LogP contribution in [0.3, 0.4) is 0 Å². The molecular formula is C15H21NO3. The predicted molar refractivity (Wildman–Crippen MR) is 74.0 cm³/mol. The van der Waals surface area contributed by atoms with Crippen molar-refractivity contribution < 1.29 is 14.3 Å². The summed E-state index contributed by atoms with van der Waals surface area (Å²) in [6.45, 7) is 7.16. The molecule has 1 unspecified atom stereocenters. The maximum Gasteiger partial charge on any atom is 0.408 e. The maximum absolute atomic E-state index is 11.7. The van der Waals surface area contributed by atoms with Gasteiger partial charge in [-0.1, -0.05) is 30.3 Å². The van der Waals surface area contributed by atoms with E-state index in [0.717, 1.165) is 5.56 Å². The Balaban J connectivity index is 2.70. The number of amides is 1. The normalized spacial score (nSPS) is 14.3. The topological polar surface area (TPSA) is 55.4 Å². The lowest BCUT2D eigenvalue weighted by Gasteiger charge is -2.27. The van der Waals surface area contributed by atoms with Gasteiger partial charge in [0, 0.05) is 12.0 Å². The minimum absolute atomic E-state index is 0.356. The van der Waals surface area contributed by atoms with Crippen LogP contribution < -0.4 is 5.32 Å². The molecule has 0 heterocycles. The number of ether oxygens (including phenoxy) is 1. The average Bonchev–Trinajstić information content (AvgIpc) is 2.27. The van der Waals surface area contributed by atoms with Gasteiger partial charge in [-0.2, -0.15) is 0 Å². The van der Waals surface area contributed by atoms with E-state index in [1.807, 2.05) is 51.1 Å². The molecule has 0 radical (unpaired) electrons. The van der Waals surface area contributed by atoms with E-state index in [2.05, 4.69) is 5.32 Å². The van der Waals surface area contributed by atoms with Crippen molar-refractivity contribution >= 4 is 12.4 Å². The number of aldehydes is 1. The molecule has 1 amide bonds. The van der Waals surface area contributed by atoms with Gasteiger partial charge in [-0.05, 0) is 33.3 Å². The van der Waals surface area contributed by atoms with Crippen LogP contribution in [0.5, 0.6) is 0 Å². The van der Waals surface area contributed by atoms with Crippen LogP contribution in [0.1, 0.15) is 33.3 Å². The molecule has 0 bridgehead atoms. The molecule has 0 spiro atoms. The molecule has 0 saturated carbocycles. The van der Waals surface area contributed by atoms with Crippen LogP contribution in [0.2, 0.25) is 0 Å². The van der Waals surface area contributed by atoms with E-state index in [0.29, 0.717) is 12.7 Å². The Hall–Kier alpha value is -1.84. The minimum atomic E-state index is -1.16. The molecule has 1 aromatic carbocycles. The number of hydrogen-bond acceptors (Lipinski definition) is 3. The van der Waals surface area contributed by atoms with Crippen LogP contribution in [-0.4, -0.2) is 23.5 Å². The van der Waals surface area contributed by atoms with Crippen molar-refractivity contribution in [2.45, 2.75) is 45.3 Å². The van der Waals surface area contributed by atoms with E-state index in [1.165, 1.54) is 0 Å². The van der Waals surface area contributed by atoms with Gasteiger partial charge in [0.05, 0.1) is 0 Å². The summed E-state index contributed by atoms with van der Waals surface area (Å²) < 4.78 is 5.25. The van der Waals surface area contributed by atoms with Crippen molar-refractivity contribution in [3.8, 4) is 0 Å². The molecule has 1 rings (SSSR count). The summed E-state index contributed by atoms with van der Waals surface area (Å²) in [5, 5.41) is 2.67. The Bertz CT molecular complexity index is 436. The average molecular weight is 263 g/mol. The lowest BCUT2D eigenvalue weighted by Crippen LogP contribution is -2.46. The number of benzene rings is 1. The van der Waals surface area contributed by atoms with Gasteiger partial charge in [-0.25, -0.2) is 4.79 Å². The SMILES string of the molecule is CC(C)(C)NC(=O)OC(C)(C=O)Cc1ccccc1. The second-order valence-corrected chi connectivity index (χ2v) is 5.86. The molecule has 0 fully saturated rings. The van der Waals surface area contributed by atoms with Crippen LogP contribution in [0.25, 0.3) is 0 Å². The van der Waals surface area contributed by atoms with Crippen LogP contribution in [0.4, 0.5) is 4.79 Å². The number of rotatable bonds is 4. The molecule has 0 aliphatic carbocycles. The van der Waals surface area contributed by atoms with Gasteiger partial charge in [-0.3, -0.25) is 4.79 Å². The van der Waals surface area contributed by atoms with Crippen molar-refractivity contribution in [1.82, 2.24) is 5.32 Å². The Morgan fingerprint density at radius 1 is 1.21 bits per heavy atom. The second kappa shape index (κ2) is 5.87. The fourth-order valence-corrected chi connectivity index (χ4v) is 1.65. The van der Waals surface area contributed by atoms with Crippen molar-refractivity contribution in [3.05, 3.63) is 35.9 Å². The molecule has 0 aliphatic rings. The molecule has 19 heavy (non-hydrogen) atoms. The lowest BCUT2D eigenvalue weighted by molar-refractivity contribution is -0.122. The fourth-order valence-electron chi connectivity index (χ4n) is 1.65. The molecule has 4 nitrogen and oxygen atoms in total. The van der Waals surface area contributed by atoms with Gasteiger partial charge < -0.3 is 10.1 Å². The van der Waals surface area contributed by atoms with E-state index < -0.39 is 17.2 Å². The van der Waals surface area contributed by atoms with E-state index >= 15 is 0 Å². The van der Waals surface area contributed by atoms with Crippen LogP contribution in [-0.2, 0) is 16.0 Å². The highest BCUT2D eigenvalue weighted by Crippen LogP contribution is 2.16. The molecule has 0 aliphatic heterocycles. The molecule has 1 aromatic rings. The van der Waals surface area contributed by atoms with Gasteiger partial charge >= 0.3 is 6.09 Å². The van der Waals surface area contributed by atoms with Gasteiger partial charge in [0.25, 0.3) is 0 Å². The summed E-state index contributed by atoms with van der Waals surface area (Å²) in [7, 11) is 0. The van der Waals surface area contributed by atoms with Crippen molar-refractivity contribution in [2.75, 3.05) is 0 Å².